The number of halogens is 1. The van der Waals surface area contributed by atoms with E-state index in [0.717, 1.165) is 6.54 Å². The lowest BCUT2D eigenvalue weighted by molar-refractivity contribution is -0.688. The maximum absolute atomic E-state index is 11.5. The summed E-state index contributed by atoms with van der Waals surface area (Å²) in [6.07, 6.45) is 3.78. The number of esters is 1. The summed E-state index contributed by atoms with van der Waals surface area (Å²) < 4.78 is 6.96. The van der Waals surface area contributed by atoms with Gasteiger partial charge in [0.25, 0.3) is 0 Å². The van der Waals surface area contributed by atoms with Crippen molar-refractivity contribution in [3.8, 4) is 0 Å². The lowest BCUT2D eigenvalue weighted by Crippen LogP contribution is -3.00. The number of benzene rings is 1. The van der Waals surface area contributed by atoms with Gasteiger partial charge >= 0.3 is 5.97 Å². The molecule has 4 heteroatoms. The van der Waals surface area contributed by atoms with E-state index in [-0.39, 0.29) is 18.4 Å². The van der Waals surface area contributed by atoms with E-state index in [4.69, 9.17) is 4.74 Å². The summed E-state index contributed by atoms with van der Waals surface area (Å²) in [4.78, 5) is 11.5. The first-order chi connectivity index (χ1) is 8.79. The zero-order valence-electron chi connectivity index (χ0n) is 10.8. The molecule has 1 aromatic heterocycles. The highest BCUT2D eigenvalue weighted by Gasteiger charge is 2.08. The standard InChI is InChI=1S/C15H16NO2.ClH/c1-2-18-15(17)14-8-10-16(11-9-14)12-13-6-4-3-5-7-13;/h3-11H,2,12H2,1H3;1H/q+1;/p-1. The number of ether oxygens (including phenoxy) is 1. The number of hydrogen-bond donors (Lipinski definition) is 0. The topological polar surface area (TPSA) is 30.2 Å². The third-order valence-electron chi connectivity index (χ3n) is 2.61. The van der Waals surface area contributed by atoms with Crippen molar-refractivity contribution in [3.63, 3.8) is 0 Å². The van der Waals surface area contributed by atoms with E-state index in [9.17, 15) is 4.79 Å². The molecule has 0 N–H and O–H groups in total. The Balaban J connectivity index is 0.00000180. The minimum absolute atomic E-state index is 0. The van der Waals surface area contributed by atoms with Gasteiger partial charge in [0.1, 0.15) is 0 Å². The Bertz CT molecular complexity index is 511. The molecule has 0 fully saturated rings. The number of nitrogens with zero attached hydrogens (tertiary/aromatic N) is 1. The maximum Gasteiger partial charge on any atom is 0.338 e. The molecule has 0 spiro atoms. The molecule has 0 amide bonds. The molecular formula is C15H16ClNO2. The van der Waals surface area contributed by atoms with Crippen LogP contribution in [0.4, 0.5) is 0 Å². The van der Waals surface area contributed by atoms with E-state index in [2.05, 4.69) is 12.1 Å². The van der Waals surface area contributed by atoms with Crippen molar-refractivity contribution < 1.29 is 26.5 Å². The van der Waals surface area contributed by atoms with Gasteiger partial charge in [0.15, 0.2) is 18.9 Å². The first-order valence-electron chi connectivity index (χ1n) is 5.99. The van der Waals surface area contributed by atoms with Crippen LogP contribution in [0.2, 0.25) is 0 Å². The second-order valence-corrected chi connectivity index (χ2v) is 3.97. The molecule has 0 atom stereocenters. The van der Waals surface area contributed by atoms with Gasteiger partial charge in [-0.2, -0.15) is 0 Å². The maximum atomic E-state index is 11.5. The van der Waals surface area contributed by atoms with Crippen molar-refractivity contribution >= 4 is 5.97 Å². The van der Waals surface area contributed by atoms with Crippen molar-refractivity contribution in [1.29, 1.82) is 0 Å². The summed E-state index contributed by atoms with van der Waals surface area (Å²) in [5.74, 6) is -0.274. The minimum atomic E-state index is -0.274. The molecule has 0 unspecified atom stereocenters. The van der Waals surface area contributed by atoms with Gasteiger partial charge in [0.05, 0.1) is 12.2 Å². The number of aromatic nitrogens is 1. The summed E-state index contributed by atoms with van der Waals surface area (Å²) in [5, 5.41) is 0. The van der Waals surface area contributed by atoms with Crippen LogP contribution >= 0.6 is 0 Å². The molecule has 1 heterocycles. The van der Waals surface area contributed by atoms with Crippen LogP contribution in [0, 0.1) is 0 Å². The Morgan fingerprint density at radius 2 is 1.74 bits per heavy atom. The fraction of sp³-hybridized carbons (Fsp3) is 0.200. The van der Waals surface area contributed by atoms with Crippen molar-refractivity contribution in [2.24, 2.45) is 0 Å². The summed E-state index contributed by atoms with van der Waals surface area (Å²) in [6, 6.07) is 13.7. The molecule has 100 valence electrons. The Morgan fingerprint density at radius 3 is 2.32 bits per heavy atom. The molecule has 0 radical (unpaired) electrons. The van der Waals surface area contributed by atoms with Crippen molar-refractivity contribution in [2.45, 2.75) is 13.5 Å². The van der Waals surface area contributed by atoms with E-state index in [1.807, 2.05) is 35.2 Å². The van der Waals surface area contributed by atoms with E-state index < -0.39 is 0 Å². The third-order valence-corrected chi connectivity index (χ3v) is 2.61. The second-order valence-electron chi connectivity index (χ2n) is 3.97. The molecule has 1 aromatic carbocycles. The van der Waals surface area contributed by atoms with Crippen LogP contribution in [-0.4, -0.2) is 12.6 Å². The van der Waals surface area contributed by atoms with Gasteiger partial charge in [0, 0.05) is 17.7 Å². The molecule has 3 nitrogen and oxygen atoms in total. The van der Waals surface area contributed by atoms with Crippen LogP contribution in [0.1, 0.15) is 22.8 Å². The Morgan fingerprint density at radius 1 is 1.11 bits per heavy atom. The van der Waals surface area contributed by atoms with Crippen LogP contribution < -0.4 is 17.0 Å². The highest BCUT2D eigenvalue weighted by atomic mass is 35.5. The van der Waals surface area contributed by atoms with Gasteiger partial charge < -0.3 is 17.1 Å². The van der Waals surface area contributed by atoms with Gasteiger partial charge in [-0.15, -0.1) is 0 Å². The molecular weight excluding hydrogens is 262 g/mol. The number of carbonyl (C=O) groups excluding carboxylic acids is 1. The first kappa shape index (κ1) is 15.2. The molecule has 0 bridgehead atoms. The number of carbonyl (C=O) groups is 1. The van der Waals surface area contributed by atoms with Gasteiger partial charge in [-0.25, -0.2) is 9.36 Å². The monoisotopic (exact) mass is 277 g/mol. The first-order valence-corrected chi connectivity index (χ1v) is 5.99. The molecule has 0 saturated carbocycles. The smallest absolute Gasteiger partial charge is 0.338 e. The summed E-state index contributed by atoms with van der Waals surface area (Å²) in [6.45, 7) is 3.00. The third kappa shape index (κ3) is 4.38. The molecule has 0 aliphatic heterocycles. The normalized spacial score (nSPS) is 9.53. The van der Waals surface area contributed by atoms with Crippen LogP contribution in [0.5, 0.6) is 0 Å². The Labute approximate surface area is 119 Å². The van der Waals surface area contributed by atoms with Crippen LogP contribution in [0.25, 0.3) is 0 Å². The minimum Gasteiger partial charge on any atom is -1.00 e. The lowest BCUT2D eigenvalue weighted by atomic mass is 10.2. The molecule has 2 rings (SSSR count). The SMILES string of the molecule is CCOC(=O)c1cc[n+](Cc2ccccc2)cc1.[Cl-]. The number of rotatable bonds is 4. The Kier molecular flexibility index (Phi) is 6.03. The molecule has 19 heavy (non-hydrogen) atoms. The van der Waals surface area contributed by atoms with Crippen molar-refractivity contribution in [3.05, 3.63) is 66.0 Å². The van der Waals surface area contributed by atoms with Gasteiger partial charge in [-0.1, -0.05) is 30.3 Å². The highest BCUT2D eigenvalue weighted by Crippen LogP contribution is 2.00. The predicted octanol–water partition coefficient (Wildman–Crippen LogP) is -0.797. The fourth-order valence-corrected chi connectivity index (χ4v) is 1.71. The summed E-state index contributed by atoms with van der Waals surface area (Å²) in [7, 11) is 0. The van der Waals surface area contributed by atoms with E-state index in [1.165, 1.54) is 5.56 Å². The summed E-state index contributed by atoms with van der Waals surface area (Å²) >= 11 is 0. The largest absolute Gasteiger partial charge is 1.00 e. The number of pyridine rings is 1. The molecule has 0 aliphatic rings. The lowest BCUT2D eigenvalue weighted by Gasteiger charge is -2.01. The van der Waals surface area contributed by atoms with E-state index >= 15 is 0 Å². The van der Waals surface area contributed by atoms with Gasteiger partial charge in [0.2, 0.25) is 0 Å². The van der Waals surface area contributed by atoms with Crippen molar-refractivity contribution in [1.82, 2.24) is 0 Å². The number of hydrogen-bond acceptors (Lipinski definition) is 2. The average molecular weight is 278 g/mol. The summed E-state index contributed by atoms with van der Waals surface area (Å²) in [5.41, 5.74) is 1.81. The van der Waals surface area contributed by atoms with Crippen LogP contribution in [0.3, 0.4) is 0 Å². The van der Waals surface area contributed by atoms with Gasteiger partial charge in [-0.05, 0) is 6.92 Å². The van der Waals surface area contributed by atoms with Crippen molar-refractivity contribution in [2.75, 3.05) is 6.61 Å². The molecule has 2 aromatic rings. The van der Waals surface area contributed by atoms with Crippen LogP contribution in [0.15, 0.2) is 54.9 Å². The zero-order valence-corrected chi connectivity index (χ0v) is 11.5. The van der Waals surface area contributed by atoms with E-state index in [1.54, 1.807) is 19.1 Å². The Hall–Kier alpha value is -1.87. The van der Waals surface area contributed by atoms with E-state index in [0.29, 0.717) is 12.2 Å². The highest BCUT2D eigenvalue weighted by molar-refractivity contribution is 5.88. The quantitative estimate of drug-likeness (QED) is 0.541. The van der Waals surface area contributed by atoms with Gasteiger partial charge in [-0.3, -0.25) is 0 Å². The molecule has 0 saturated heterocycles. The fourth-order valence-electron chi connectivity index (χ4n) is 1.71. The zero-order chi connectivity index (χ0) is 12.8. The average Bonchev–Trinajstić information content (AvgIpc) is 2.41. The van der Waals surface area contributed by atoms with Crippen LogP contribution in [-0.2, 0) is 11.3 Å². The molecule has 0 aliphatic carbocycles. The second kappa shape index (κ2) is 7.54. The predicted molar refractivity (Wildman–Crippen MR) is 68.1 cm³/mol.